The van der Waals surface area contributed by atoms with E-state index in [0.29, 0.717) is 59.4 Å². The topological polar surface area (TPSA) is 56.8 Å². The van der Waals surface area contributed by atoms with Gasteiger partial charge in [0.05, 0.1) is 23.6 Å². The first kappa shape index (κ1) is 26.7. The maximum atomic E-state index is 15.3. The molecule has 0 amide bonds. The first-order valence-electron chi connectivity index (χ1n) is 14.4. The van der Waals surface area contributed by atoms with Gasteiger partial charge in [0, 0.05) is 48.2 Å². The quantitative estimate of drug-likeness (QED) is 0.378. The number of hydrogen-bond acceptors (Lipinski definition) is 7. The standard InChI is InChI=1S/C31H38F2N6O/c1-19(2)39-13-14-40-30-26(33)15-21(16-28(30)39)29-24(20-5-6-20)18-34-31(36-29)35-22-7-8-27(25(32)17-22)38-11-9-23(10-12-38)37(3)4/h7-8,15-20,23H,5-6,9-14H2,1-4H3,(H,34,35,36). The third-order valence-electron chi connectivity index (χ3n) is 8.38. The number of hydrogen-bond donors (Lipinski definition) is 1. The van der Waals surface area contributed by atoms with Gasteiger partial charge in [0.25, 0.3) is 0 Å². The Balaban J connectivity index is 1.27. The minimum Gasteiger partial charge on any atom is -0.486 e. The molecule has 1 aliphatic carbocycles. The van der Waals surface area contributed by atoms with Crippen molar-refractivity contribution in [1.29, 1.82) is 0 Å². The van der Waals surface area contributed by atoms with E-state index in [-0.39, 0.29) is 17.7 Å². The average molecular weight is 549 g/mol. The molecule has 2 aromatic carbocycles. The van der Waals surface area contributed by atoms with Crippen LogP contribution in [0.5, 0.6) is 5.75 Å². The van der Waals surface area contributed by atoms with Crippen molar-refractivity contribution in [3.05, 3.63) is 53.7 Å². The van der Waals surface area contributed by atoms with E-state index in [9.17, 15) is 0 Å². The highest BCUT2D eigenvalue weighted by atomic mass is 19.1. The van der Waals surface area contributed by atoms with Crippen molar-refractivity contribution < 1.29 is 13.5 Å². The Morgan fingerprint density at radius 2 is 1.75 bits per heavy atom. The summed E-state index contributed by atoms with van der Waals surface area (Å²) in [6, 6.07) is 9.42. The molecule has 0 radical (unpaired) electrons. The van der Waals surface area contributed by atoms with E-state index in [4.69, 9.17) is 9.72 Å². The molecule has 212 valence electrons. The molecule has 40 heavy (non-hydrogen) atoms. The Morgan fingerprint density at radius 3 is 2.42 bits per heavy atom. The van der Waals surface area contributed by atoms with Gasteiger partial charge in [-0.25, -0.2) is 18.7 Å². The molecule has 2 fully saturated rings. The highest BCUT2D eigenvalue weighted by molar-refractivity contribution is 5.75. The van der Waals surface area contributed by atoms with E-state index in [0.717, 1.165) is 50.0 Å². The third-order valence-corrected chi connectivity index (χ3v) is 8.38. The van der Waals surface area contributed by atoms with E-state index >= 15 is 8.78 Å². The van der Waals surface area contributed by atoms with Crippen molar-refractivity contribution in [3.8, 4) is 17.0 Å². The molecule has 1 N–H and O–H groups in total. The molecule has 0 atom stereocenters. The number of fused-ring (bicyclic) bond motifs is 1. The molecule has 2 aliphatic heterocycles. The third kappa shape index (κ3) is 5.31. The number of nitrogens with one attached hydrogen (secondary N) is 1. The van der Waals surface area contributed by atoms with Gasteiger partial charge >= 0.3 is 0 Å². The van der Waals surface area contributed by atoms with Crippen LogP contribution < -0.4 is 19.9 Å². The van der Waals surface area contributed by atoms with Crippen molar-refractivity contribution in [3.63, 3.8) is 0 Å². The Morgan fingerprint density at radius 1 is 0.975 bits per heavy atom. The Hall–Kier alpha value is -3.46. The lowest BCUT2D eigenvalue weighted by molar-refractivity contribution is 0.249. The lowest BCUT2D eigenvalue weighted by Gasteiger charge is -2.36. The lowest BCUT2D eigenvalue weighted by atomic mass is 10.0. The normalized spacial score (nSPS) is 17.8. The predicted octanol–water partition coefficient (Wildman–Crippen LogP) is 6.18. The van der Waals surface area contributed by atoms with Crippen LogP contribution in [0, 0.1) is 11.6 Å². The van der Waals surface area contributed by atoms with Crippen LogP contribution in [0.25, 0.3) is 11.3 Å². The SMILES string of the molecule is CC(C)N1CCOc2c(F)cc(-c3nc(Nc4ccc(N5CCC(N(C)C)CC5)c(F)c4)ncc3C3CC3)cc21. The molecule has 9 heteroatoms. The van der Waals surface area contributed by atoms with Crippen LogP contribution in [0.1, 0.15) is 51.0 Å². The van der Waals surface area contributed by atoms with Gasteiger partial charge in [0.2, 0.25) is 5.95 Å². The van der Waals surface area contributed by atoms with Gasteiger partial charge in [0.1, 0.15) is 12.4 Å². The fourth-order valence-corrected chi connectivity index (χ4v) is 5.94. The largest absolute Gasteiger partial charge is 0.486 e. The first-order chi connectivity index (χ1) is 19.3. The van der Waals surface area contributed by atoms with Crippen LogP contribution in [-0.2, 0) is 0 Å². The van der Waals surface area contributed by atoms with Crippen LogP contribution in [0.2, 0.25) is 0 Å². The summed E-state index contributed by atoms with van der Waals surface area (Å²) < 4.78 is 36.2. The van der Waals surface area contributed by atoms with Gasteiger partial charge < -0.3 is 24.8 Å². The summed E-state index contributed by atoms with van der Waals surface area (Å²) in [5, 5.41) is 3.18. The molecule has 0 spiro atoms. The summed E-state index contributed by atoms with van der Waals surface area (Å²) in [6.07, 6.45) is 5.99. The Kier molecular flexibility index (Phi) is 7.25. The number of rotatable bonds is 7. The van der Waals surface area contributed by atoms with Crippen molar-refractivity contribution in [1.82, 2.24) is 14.9 Å². The number of ether oxygens (including phenoxy) is 1. The zero-order valence-electron chi connectivity index (χ0n) is 23.8. The zero-order valence-corrected chi connectivity index (χ0v) is 23.8. The van der Waals surface area contributed by atoms with Crippen molar-refractivity contribution in [2.24, 2.45) is 0 Å². The van der Waals surface area contributed by atoms with Crippen LogP contribution in [0.3, 0.4) is 0 Å². The minimum atomic E-state index is -0.389. The molecule has 6 rings (SSSR count). The van der Waals surface area contributed by atoms with E-state index in [1.807, 2.05) is 24.4 Å². The summed E-state index contributed by atoms with van der Waals surface area (Å²) in [7, 11) is 4.20. The van der Waals surface area contributed by atoms with Gasteiger partial charge in [-0.1, -0.05) is 0 Å². The zero-order chi connectivity index (χ0) is 28.0. The summed E-state index contributed by atoms with van der Waals surface area (Å²) >= 11 is 0. The molecule has 3 aliphatic rings. The fraction of sp³-hybridized carbons (Fsp3) is 0.484. The molecule has 1 aromatic heterocycles. The van der Waals surface area contributed by atoms with Crippen molar-refractivity contribution >= 4 is 23.0 Å². The van der Waals surface area contributed by atoms with E-state index in [1.165, 1.54) is 12.1 Å². The fourth-order valence-electron chi connectivity index (χ4n) is 5.94. The summed E-state index contributed by atoms with van der Waals surface area (Å²) in [4.78, 5) is 15.9. The van der Waals surface area contributed by atoms with Crippen LogP contribution in [0.4, 0.5) is 31.8 Å². The Labute approximate surface area is 235 Å². The van der Waals surface area contributed by atoms with Crippen molar-refractivity contribution in [2.75, 3.05) is 55.5 Å². The number of benzene rings is 2. The molecule has 3 aromatic rings. The van der Waals surface area contributed by atoms with Crippen molar-refractivity contribution in [2.45, 2.75) is 57.5 Å². The predicted molar refractivity (Wildman–Crippen MR) is 156 cm³/mol. The number of nitrogens with zero attached hydrogens (tertiary/aromatic N) is 5. The maximum Gasteiger partial charge on any atom is 0.227 e. The second-order valence-corrected chi connectivity index (χ2v) is 11.7. The van der Waals surface area contributed by atoms with Gasteiger partial charge in [-0.15, -0.1) is 0 Å². The molecule has 3 heterocycles. The summed E-state index contributed by atoms with van der Waals surface area (Å²) in [5.74, 6) is 0.363. The summed E-state index contributed by atoms with van der Waals surface area (Å²) in [5.41, 5.74) is 4.36. The van der Waals surface area contributed by atoms with Crippen LogP contribution >= 0.6 is 0 Å². The Bertz CT molecular complexity index is 1380. The number of piperidine rings is 1. The van der Waals surface area contributed by atoms with E-state index in [2.05, 4.69) is 52.9 Å². The van der Waals surface area contributed by atoms with Gasteiger partial charge in [-0.05, 0) is 89.9 Å². The number of halogens is 2. The second-order valence-electron chi connectivity index (χ2n) is 11.7. The molecule has 1 saturated heterocycles. The van der Waals surface area contributed by atoms with Gasteiger partial charge in [-0.2, -0.15) is 0 Å². The molecule has 0 bridgehead atoms. The molecular formula is C31H38F2N6O. The highest BCUT2D eigenvalue weighted by Crippen LogP contribution is 2.46. The monoisotopic (exact) mass is 548 g/mol. The van der Waals surface area contributed by atoms with Gasteiger partial charge in [0.15, 0.2) is 11.6 Å². The number of anilines is 4. The second kappa shape index (κ2) is 10.8. The van der Waals surface area contributed by atoms with Crippen LogP contribution in [0.15, 0.2) is 36.5 Å². The first-order valence-corrected chi connectivity index (χ1v) is 14.4. The smallest absolute Gasteiger partial charge is 0.227 e. The molecule has 1 saturated carbocycles. The van der Waals surface area contributed by atoms with Crippen LogP contribution in [-0.4, -0.2) is 67.3 Å². The highest BCUT2D eigenvalue weighted by Gasteiger charge is 2.30. The molecule has 0 unspecified atom stereocenters. The summed E-state index contributed by atoms with van der Waals surface area (Å²) in [6.45, 7) is 7.02. The average Bonchev–Trinajstić information content (AvgIpc) is 3.78. The van der Waals surface area contributed by atoms with E-state index < -0.39 is 0 Å². The minimum absolute atomic E-state index is 0.208. The maximum absolute atomic E-state index is 15.3. The molecule has 7 nitrogen and oxygen atoms in total. The molecular weight excluding hydrogens is 510 g/mol. The number of aromatic nitrogens is 2. The van der Waals surface area contributed by atoms with E-state index in [1.54, 1.807) is 0 Å². The lowest BCUT2D eigenvalue weighted by Crippen LogP contribution is -2.42. The van der Waals surface area contributed by atoms with Gasteiger partial charge in [-0.3, -0.25) is 0 Å².